The van der Waals surface area contributed by atoms with E-state index in [4.69, 9.17) is 4.42 Å². The molecule has 1 unspecified atom stereocenters. The van der Waals surface area contributed by atoms with Crippen molar-refractivity contribution in [1.82, 2.24) is 4.72 Å². The van der Waals surface area contributed by atoms with Gasteiger partial charge in [-0.25, -0.2) is 13.3 Å². The summed E-state index contributed by atoms with van der Waals surface area (Å²) in [7, 11) is -1.19. The maximum absolute atomic E-state index is 13.3. The van der Waals surface area contributed by atoms with Crippen molar-refractivity contribution in [3.8, 4) is 0 Å². The van der Waals surface area contributed by atoms with Crippen LogP contribution < -0.4 is 4.72 Å². The molecule has 1 heterocycles. The Bertz CT molecular complexity index is 658. The third-order valence-corrected chi connectivity index (χ3v) is 4.85. The Hall–Kier alpha value is -1.20. The van der Waals surface area contributed by atoms with Crippen molar-refractivity contribution in [3.63, 3.8) is 0 Å². The summed E-state index contributed by atoms with van der Waals surface area (Å²) in [4.78, 5) is 0. The number of rotatable bonds is 3. The molecule has 5 heteroatoms. The molecule has 0 amide bonds. The van der Waals surface area contributed by atoms with Crippen LogP contribution in [0.25, 0.3) is 11.0 Å². The van der Waals surface area contributed by atoms with Crippen LogP contribution in [-0.4, -0.2) is 8.96 Å². The number of nitrogens with one attached hydrogen (secondary N) is 1. The third kappa shape index (κ3) is 2.94. The lowest BCUT2D eigenvalue weighted by Crippen LogP contribution is -2.34. The Labute approximate surface area is 121 Å². The van der Waals surface area contributed by atoms with Crippen LogP contribution in [0.15, 0.2) is 22.6 Å². The molecule has 2 rings (SSSR count). The predicted octanol–water partition coefficient (Wildman–Crippen LogP) is 3.99. The molecule has 1 aromatic heterocycles. The molecule has 0 aliphatic heterocycles. The first kappa shape index (κ1) is 15.2. The van der Waals surface area contributed by atoms with Crippen LogP contribution in [0, 0.1) is 12.7 Å². The molecule has 0 aliphatic carbocycles. The van der Waals surface area contributed by atoms with E-state index in [0.29, 0.717) is 11.3 Å². The predicted molar refractivity (Wildman–Crippen MR) is 80.4 cm³/mol. The smallest absolute Gasteiger partial charge is 0.134 e. The first-order valence-electron chi connectivity index (χ1n) is 6.56. The van der Waals surface area contributed by atoms with E-state index in [1.54, 1.807) is 6.07 Å². The summed E-state index contributed by atoms with van der Waals surface area (Å²) >= 11 is 0. The summed E-state index contributed by atoms with van der Waals surface area (Å²) in [6.07, 6.45) is 0. The highest BCUT2D eigenvalue weighted by Gasteiger charge is 2.24. The van der Waals surface area contributed by atoms with Crippen molar-refractivity contribution in [2.24, 2.45) is 0 Å². The van der Waals surface area contributed by atoms with Gasteiger partial charge in [-0.3, -0.25) is 0 Å². The van der Waals surface area contributed by atoms with Crippen molar-refractivity contribution < 1.29 is 13.0 Å². The Balaban J connectivity index is 2.33. The van der Waals surface area contributed by atoms with E-state index in [1.807, 2.05) is 34.6 Å². The van der Waals surface area contributed by atoms with E-state index in [1.165, 1.54) is 12.1 Å². The molecule has 0 aliphatic rings. The zero-order valence-electron chi connectivity index (χ0n) is 12.4. The van der Waals surface area contributed by atoms with Gasteiger partial charge in [0, 0.05) is 10.9 Å². The van der Waals surface area contributed by atoms with E-state index in [2.05, 4.69) is 4.72 Å². The van der Waals surface area contributed by atoms with Gasteiger partial charge in [0.25, 0.3) is 0 Å². The van der Waals surface area contributed by atoms with Crippen molar-refractivity contribution in [2.75, 3.05) is 0 Å². The average Bonchev–Trinajstić information content (AvgIpc) is 2.65. The summed E-state index contributed by atoms with van der Waals surface area (Å²) < 4.78 is 33.9. The number of hydrogen-bond acceptors (Lipinski definition) is 2. The van der Waals surface area contributed by atoms with Gasteiger partial charge in [0.15, 0.2) is 0 Å². The number of halogens is 1. The van der Waals surface area contributed by atoms with Gasteiger partial charge in [-0.15, -0.1) is 0 Å². The molecule has 0 spiro atoms. The first-order chi connectivity index (χ1) is 9.20. The zero-order valence-corrected chi connectivity index (χ0v) is 13.2. The van der Waals surface area contributed by atoms with Crippen molar-refractivity contribution >= 4 is 22.0 Å². The molecule has 0 radical (unpaired) electrons. The molecule has 20 heavy (non-hydrogen) atoms. The number of aryl methyl sites for hydroxylation is 1. The molecule has 0 fully saturated rings. The second kappa shape index (κ2) is 5.30. The normalized spacial score (nSPS) is 15.5. The molecule has 110 valence electrons. The average molecular weight is 297 g/mol. The van der Waals surface area contributed by atoms with Gasteiger partial charge in [0.2, 0.25) is 0 Å². The van der Waals surface area contributed by atoms with Crippen molar-refractivity contribution in [2.45, 2.75) is 45.4 Å². The molecule has 3 nitrogen and oxygen atoms in total. The number of fused-ring (bicyclic) bond motifs is 1. The summed E-state index contributed by atoms with van der Waals surface area (Å²) in [5, 5.41) is 0.759. The van der Waals surface area contributed by atoms with Gasteiger partial charge in [-0.05, 0) is 52.8 Å². The lowest BCUT2D eigenvalue weighted by molar-refractivity contribution is 0.488. The molecule has 1 N–H and O–H groups in total. The number of benzene rings is 1. The van der Waals surface area contributed by atoms with E-state index < -0.39 is 11.0 Å². The van der Waals surface area contributed by atoms with E-state index >= 15 is 0 Å². The van der Waals surface area contributed by atoms with Crippen LogP contribution in [0.2, 0.25) is 0 Å². The fraction of sp³-hybridized carbons (Fsp3) is 0.467. The highest BCUT2D eigenvalue weighted by molar-refractivity contribution is 7.84. The molecule has 2 atom stereocenters. The molecule has 1 aromatic carbocycles. The van der Waals surface area contributed by atoms with Crippen LogP contribution >= 0.6 is 0 Å². The highest BCUT2D eigenvalue weighted by Crippen LogP contribution is 2.30. The quantitative estimate of drug-likeness (QED) is 0.930. The molecular formula is C15H20FNO2S. The maximum Gasteiger partial charge on any atom is 0.134 e. The Morgan fingerprint density at radius 2 is 2.00 bits per heavy atom. The lowest BCUT2D eigenvalue weighted by atomic mass is 10.1. The van der Waals surface area contributed by atoms with Gasteiger partial charge >= 0.3 is 0 Å². The van der Waals surface area contributed by atoms with Gasteiger partial charge < -0.3 is 4.42 Å². The van der Waals surface area contributed by atoms with E-state index in [9.17, 15) is 8.60 Å². The first-order valence-corrected chi connectivity index (χ1v) is 7.71. The minimum absolute atomic E-state index is 0.203. The number of hydrogen-bond donors (Lipinski definition) is 1. The second-order valence-corrected chi connectivity index (χ2v) is 7.95. The molecule has 0 saturated heterocycles. The van der Waals surface area contributed by atoms with Crippen LogP contribution in [0.1, 0.15) is 45.1 Å². The minimum Gasteiger partial charge on any atom is -0.459 e. The van der Waals surface area contributed by atoms with Crippen LogP contribution in [-0.2, 0) is 11.0 Å². The van der Waals surface area contributed by atoms with Crippen molar-refractivity contribution in [1.29, 1.82) is 0 Å². The van der Waals surface area contributed by atoms with Crippen LogP contribution in [0.4, 0.5) is 4.39 Å². The van der Waals surface area contributed by atoms with E-state index in [0.717, 1.165) is 10.9 Å². The zero-order chi connectivity index (χ0) is 15.1. The Morgan fingerprint density at radius 3 is 2.60 bits per heavy atom. The van der Waals surface area contributed by atoms with Gasteiger partial charge in [-0.1, -0.05) is 0 Å². The largest absolute Gasteiger partial charge is 0.459 e. The molecule has 0 saturated carbocycles. The lowest BCUT2D eigenvalue weighted by Gasteiger charge is -2.21. The fourth-order valence-corrected chi connectivity index (χ4v) is 2.80. The summed E-state index contributed by atoms with van der Waals surface area (Å²) in [5.41, 5.74) is 1.53. The van der Waals surface area contributed by atoms with E-state index in [-0.39, 0.29) is 16.6 Å². The third-order valence-electron chi connectivity index (χ3n) is 3.17. The topological polar surface area (TPSA) is 42.2 Å². The van der Waals surface area contributed by atoms with Gasteiger partial charge in [0.1, 0.15) is 17.2 Å². The van der Waals surface area contributed by atoms with Crippen LogP contribution in [0.5, 0.6) is 0 Å². The number of furan rings is 1. The monoisotopic (exact) mass is 297 g/mol. The Morgan fingerprint density at radius 1 is 1.35 bits per heavy atom. The van der Waals surface area contributed by atoms with Gasteiger partial charge in [0.05, 0.1) is 21.8 Å². The second-order valence-electron chi connectivity index (χ2n) is 5.95. The summed E-state index contributed by atoms with van der Waals surface area (Å²) in [6, 6.07) is 4.26. The van der Waals surface area contributed by atoms with Crippen LogP contribution in [0.3, 0.4) is 0 Å². The standard InChI is InChI=1S/C15H20FNO2S/c1-9-12-8-11(16)6-7-13(12)19-14(9)10(2)17-20(18)15(3,4)5/h6-8,10,17H,1-5H3/t10-,20?/m1/s1. The SMILES string of the molecule is Cc1c([C@@H](C)NS(=O)C(C)(C)C)oc2ccc(F)cc12. The maximum atomic E-state index is 13.3. The highest BCUT2D eigenvalue weighted by atomic mass is 32.2. The Kier molecular flexibility index (Phi) is 4.02. The molecule has 2 aromatic rings. The summed E-state index contributed by atoms with van der Waals surface area (Å²) in [5.74, 6) is 0.412. The summed E-state index contributed by atoms with van der Waals surface area (Å²) in [6.45, 7) is 9.50. The van der Waals surface area contributed by atoms with Gasteiger partial charge in [-0.2, -0.15) is 0 Å². The molecule has 0 bridgehead atoms. The van der Waals surface area contributed by atoms with Crippen molar-refractivity contribution in [3.05, 3.63) is 35.3 Å². The fourth-order valence-electron chi connectivity index (χ4n) is 2.02. The molecular weight excluding hydrogens is 277 g/mol. The minimum atomic E-state index is -1.19.